The molecule has 5 unspecified atom stereocenters. The fourth-order valence-electron chi connectivity index (χ4n) is 5.98. The molecule has 0 heterocycles. The SMILES string of the molecule is CCC=Cc1cc2c(cc1O)CCC1C2CCC2(C)C(O)CCC12. The summed E-state index contributed by atoms with van der Waals surface area (Å²) in [5.41, 5.74) is 3.93. The second-order valence-corrected chi connectivity index (χ2v) is 8.47. The van der Waals surface area contributed by atoms with Crippen molar-refractivity contribution in [2.24, 2.45) is 17.3 Å². The lowest BCUT2D eigenvalue weighted by Gasteiger charge is -2.50. The Morgan fingerprint density at radius 1 is 1.21 bits per heavy atom. The van der Waals surface area contributed by atoms with Crippen LogP contribution in [0.15, 0.2) is 18.2 Å². The van der Waals surface area contributed by atoms with Crippen LogP contribution in [0.3, 0.4) is 0 Å². The molecule has 0 saturated heterocycles. The molecule has 0 radical (unpaired) electrons. The second-order valence-electron chi connectivity index (χ2n) is 8.47. The van der Waals surface area contributed by atoms with Crippen LogP contribution in [0.1, 0.15) is 75.0 Å². The van der Waals surface area contributed by atoms with Crippen molar-refractivity contribution in [3.05, 3.63) is 34.9 Å². The first-order valence-electron chi connectivity index (χ1n) is 9.75. The van der Waals surface area contributed by atoms with Crippen LogP contribution in [-0.2, 0) is 6.42 Å². The van der Waals surface area contributed by atoms with Crippen molar-refractivity contribution in [2.45, 2.75) is 70.8 Å². The molecule has 0 bridgehead atoms. The predicted molar refractivity (Wildman–Crippen MR) is 98.1 cm³/mol. The van der Waals surface area contributed by atoms with E-state index in [2.05, 4.69) is 32.1 Å². The molecule has 0 aliphatic heterocycles. The van der Waals surface area contributed by atoms with Crippen LogP contribution in [-0.4, -0.2) is 16.3 Å². The van der Waals surface area contributed by atoms with Gasteiger partial charge in [-0.2, -0.15) is 0 Å². The number of hydrogen-bond acceptors (Lipinski definition) is 2. The summed E-state index contributed by atoms with van der Waals surface area (Å²) in [4.78, 5) is 0. The Hall–Kier alpha value is -1.28. The van der Waals surface area contributed by atoms with Gasteiger partial charge in [0.2, 0.25) is 0 Å². The van der Waals surface area contributed by atoms with Gasteiger partial charge in [-0.15, -0.1) is 0 Å². The molecular weight excluding hydrogens is 296 g/mol. The molecule has 2 saturated carbocycles. The van der Waals surface area contributed by atoms with E-state index in [4.69, 9.17) is 0 Å². The lowest BCUT2D eigenvalue weighted by atomic mass is 9.55. The Morgan fingerprint density at radius 3 is 2.83 bits per heavy atom. The van der Waals surface area contributed by atoms with Crippen molar-refractivity contribution in [1.29, 1.82) is 0 Å². The van der Waals surface area contributed by atoms with Gasteiger partial charge in [0.25, 0.3) is 0 Å². The number of hydrogen-bond donors (Lipinski definition) is 2. The van der Waals surface area contributed by atoms with Crippen LogP contribution in [0.2, 0.25) is 0 Å². The maximum absolute atomic E-state index is 10.5. The molecule has 2 fully saturated rings. The largest absolute Gasteiger partial charge is 0.507 e. The Balaban J connectivity index is 1.70. The van der Waals surface area contributed by atoms with Crippen molar-refractivity contribution < 1.29 is 10.2 Å². The van der Waals surface area contributed by atoms with Gasteiger partial charge in [0.15, 0.2) is 0 Å². The van der Waals surface area contributed by atoms with E-state index < -0.39 is 0 Å². The molecule has 1 aromatic rings. The zero-order chi connectivity index (χ0) is 16.9. The van der Waals surface area contributed by atoms with E-state index in [1.807, 2.05) is 6.07 Å². The molecular formula is C22H30O2. The van der Waals surface area contributed by atoms with E-state index in [9.17, 15) is 10.2 Å². The molecule has 3 aliphatic carbocycles. The normalized spacial score (nSPS) is 38.0. The number of rotatable bonds is 2. The van der Waals surface area contributed by atoms with Gasteiger partial charge in [0, 0.05) is 5.56 Å². The van der Waals surface area contributed by atoms with Crippen molar-refractivity contribution in [3.63, 3.8) is 0 Å². The Labute approximate surface area is 145 Å². The third-order valence-corrected chi connectivity index (χ3v) is 7.36. The molecule has 2 nitrogen and oxygen atoms in total. The number of aromatic hydroxyl groups is 1. The van der Waals surface area contributed by atoms with Gasteiger partial charge in [-0.25, -0.2) is 0 Å². The molecule has 24 heavy (non-hydrogen) atoms. The molecule has 0 spiro atoms. The summed E-state index contributed by atoms with van der Waals surface area (Å²) in [6.07, 6.45) is 11.8. The number of aliphatic hydroxyl groups is 1. The van der Waals surface area contributed by atoms with Gasteiger partial charge in [-0.05, 0) is 91.4 Å². The van der Waals surface area contributed by atoms with E-state index in [-0.39, 0.29) is 11.5 Å². The lowest BCUT2D eigenvalue weighted by molar-refractivity contribution is -0.0226. The van der Waals surface area contributed by atoms with E-state index in [0.717, 1.165) is 31.2 Å². The summed E-state index contributed by atoms with van der Waals surface area (Å²) in [6.45, 7) is 4.45. The highest BCUT2D eigenvalue weighted by atomic mass is 16.3. The Bertz CT molecular complexity index is 662. The monoisotopic (exact) mass is 326 g/mol. The molecule has 0 aromatic heterocycles. The molecule has 1 aromatic carbocycles. The lowest BCUT2D eigenvalue weighted by Crippen LogP contribution is -2.43. The number of phenols is 1. The minimum atomic E-state index is -0.104. The standard InChI is InChI=1S/C22H30O2/c1-3-4-5-15-12-18-14(13-20(15)23)6-7-17-16(18)10-11-22(2)19(17)8-9-21(22)24/h4-5,12-13,16-17,19,21,23-24H,3,6-11H2,1-2H3. The Kier molecular flexibility index (Phi) is 3.99. The molecule has 130 valence electrons. The molecule has 4 rings (SSSR count). The van der Waals surface area contributed by atoms with E-state index in [1.54, 1.807) is 0 Å². The average Bonchev–Trinajstić information content (AvgIpc) is 2.88. The average molecular weight is 326 g/mol. The Morgan fingerprint density at radius 2 is 2.04 bits per heavy atom. The van der Waals surface area contributed by atoms with Gasteiger partial charge in [0.1, 0.15) is 5.75 Å². The highest BCUT2D eigenvalue weighted by Crippen LogP contribution is 2.61. The first-order chi connectivity index (χ1) is 11.5. The van der Waals surface area contributed by atoms with Gasteiger partial charge >= 0.3 is 0 Å². The second kappa shape index (κ2) is 5.91. The fraction of sp³-hybridized carbons (Fsp3) is 0.636. The summed E-state index contributed by atoms with van der Waals surface area (Å²) in [5.74, 6) is 2.42. The van der Waals surface area contributed by atoms with Crippen LogP contribution in [0.4, 0.5) is 0 Å². The highest BCUT2D eigenvalue weighted by Gasteiger charge is 2.54. The third kappa shape index (κ3) is 2.34. The highest BCUT2D eigenvalue weighted by molar-refractivity contribution is 5.60. The first kappa shape index (κ1) is 16.2. The van der Waals surface area contributed by atoms with Gasteiger partial charge in [-0.1, -0.05) is 26.0 Å². The molecule has 0 amide bonds. The zero-order valence-corrected chi connectivity index (χ0v) is 15.0. The van der Waals surface area contributed by atoms with Crippen molar-refractivity contribution in [3.8, 4) is 5.75 Å². The zero-order valence-electron chi connectivity index (χ0n) is 15.0. The summed E-state index contributed by atoms with van der Waals surface area (Å²) < 4.78 is 0. The van der Waals surface area contributed by atoms with Crippen LogP contribution < -0.4 is 0 Å². The third-order valence-electron chi connectivity index (χ3n) is 7.36. The van der Waals surface area contributed by atoms with Gasteiger partial charge < -0.3 is 10.2 Å². The fourth-order valence-corrected chi connectivity index (χ4v) is 5.98. The van der Waals surface area contributed by atoms with Gasteiger partial charge in [0.05, 0.1) is 6.10 Å². The van der Waals surface area contributed by atoms with Crippen molar-refractivity contribution in [1.82, 2.24) is 0 Å². The molecule has 5 atom stereocenters. The minimum Gasteiger partial charge on any atom is -0.507 e. The summed E-state index contributed by atoms with van der Waals surface area (Å²) in [5, 5.41) is 20.8. The number of phenolic OH excluding ortho intramolecular Hbond substituents is 1. The van der Waals surface area contributed by atoms with Crippen molar-refractivity contribution >= 4 is 6.08 Å². The number of benzene rings is 1. The first-order valence-corrected chi connectivity index (χ1v) is 9.75. The number of allylic oxidation sites excluding steroid dienone is 1. The maximum atomic E-state index is 10.5. The van der Waals surface area contributed by atoms with Crippen LogP contribution >= 0.6 is 0 Å². The summed E-state index contributed by atoms with van der Waals surface area (Å²) in [6, 6.07) is 4.26. The smallest absolute Gasteiger partial charge is 0.123 e. The topological polar surface area (TPSA) is 40.5 Å². The molecule has 3 aliphatic rings. The van der Waals surface area contributed by atoms with E-state index in [1.165, 1.54) is 30.4 Å². The van der Waals surface area contributed by atoms with Crippen LogP contribution in [0.25, 0.3) is 6.08 Å². The summed E-state index contributed by atoms with van der Waals surface area (Å²) >= 11 is 0. The summed E-state index contributed by atoms with van der Waals surface area (Å²) in [7, 11) is 0. The quantitative estimate of drug-likeness (QED) is 0.800. The minimum absolute atomic E-state index is 0.104. The van der Waals surface area contributed by atoms with Gasteiger partial charge in [-0.3, -0.25) is 0 Å². The molecule has 2 heteroatoms. The number of fused-ring (bicyclic) bond motifs is 5. The van der Waals surface area contributed by atoms with E-state index >= 15 is 0 Å². The van der Waals surface area contributed by atoms with Crippen molar-refractivity contribution in [2.75, 3.05) is 0 Å². The maximum Gasteiger partial charge on any atom is 0.123 e. The molecule has 2 N–H and O–H groups in total. The predicted octanol–water partition coefficient (Wildman–Crippen LogP) is 5.03. The van der Waals surface area contributed by atoms with Crippen LogP contribution in [0.5, 0.6) is 5.75 Å². The number of aliphatic hydroxyl groups excluding tert-OH is 1. The van der Waals surface area contributed by atoms with Crippen LogP contribution in [0, 0.1) is 17.3 Å². The van der Waals surface area contributed by atoms with E-state index in [0.29, 0.717) is 23.5 Å². The number of aryl methyl sites for hydroxylation is 1.